The molecule has 3 nitrogen and oxygen atoms in total. The fraction of sp³-hybridized carbons (Fsp3) is 0.444. The highest BCUT2D eigenvalue weighted by molar-refractivity contribution is 5.63. The Morgan fingerprint density at radius 2 is 2.42 bits per heavy atom. The first kappa shape index (κ1) is 8.84. The molecule has 1 aromatic heterocycles. The van der Waals surface area contributed by atoms with Crippen LogP contribution in [0.4, 0.5) is 11.4 Å². The van der Waals surface area contributed by atoms with Crippen molar-refractivity contribution in [2.75, 3.05) is 17.6 Å². The van der Waals surface area contributed by atoms with E-state index in [0.29, 0.717) is 5.69 Å². The van der Waals surface area contributed by atoms with Gasteiger partial charge in [-0.3, -0.25) is 4.98 Å². The second kappa shape index (κ2) is 4.59. The van der Waals surface area contributed by atoms with E-state index in [1.807, 2.05) is 6.07 Å². The maximum Gasteiger partial charge on any atom is 0.0736 e. The van der Waals surface area contributed by atoms with Gasteiger partial charge in [0.25, 0.3) is 0 Å². The van der Waals surface area contributed by atoms with E-state index in [9.17, 15) is 0 Å². The van der Waals surface area contributed by atoms with Crippen molar-refractivity contribution in [1.29, 1.82) is 0 Å². The zero-order valence-electron chi connectivity index (χ0n) is 7.38. The van der Waals surface area contributed by atoms with Gasteiger partial charge in [0, 0.05) is 12.7 Å². The molecule has 0 fully saturated rings. The molecule has 0 saturated heterocycles. The summed E-state index contributed by atoms with van der Waals surface area (Å²) in [5, 5.41) is 3.25. The number of unbranched alkanes of at least 4 members (excludes halogenated alkanes) is 1. The van der Waals surface area contributed by atoms with Crippen LogP contribution in [0.25, 0.3) is 0 Å². The fourth-order valence-electron chi connectivity index (χ4n) is 0.967. The van der Waals surface area contributed by atoms with Gasteiger partial charge in [0.15, 0.2) is 0 Å². The molecule has 1 aromatic rings. The van der Waals surface area contributed by atoms with Crippen LogP contribution < -0.4 is 11.1 Å². The molecule has 0 amide bonds. The Balaban J connectivity index is 2.46. The molecule has 3 N–H and O–H groups in total. The second-order valence-electron chi connectivity index (χ2n) is 2.74. The highest BCUT2D eigenvalue weighted by Crippen LogP contribution is 2.14. The highest BCUT2D eigenvalue weighted by atomic mass is 14.9. The van der Waals surface area contributed by atoms with Gasteiger partial charge in [-0.25, -0.2) is 0 Å². The van der Waals surface area contributed by atoms with Crippen LogP contribution in [0.3, 0.4) is 0 Å². The normalized spacial score (nSPS) is 9.75. The number of hydrogen-bond acceptors (Lipinski definition) is 3. The van der Waals surface area contributed by atoms with Crippen molar-refractivity contribution in [3.8, 4) is 0 Å². The average molecular weight is 165 g/mol. The third-order valence-corrected chi connectivity index (χ3v) is 1.70. The highest BCUT2D eigenvalue weighted by Gasteiger charge is 1.94. The molecule has 3 heteroatoms. The fourth-order valence-corrected chi connectivity index (χ4v) is 0.967. The van der Waals surface area contributed by atoms with Crippen molar-refractivity contribution in [3.05, 3.63) is 18.5 Å². The summed E-state index contributed by atoms with van der Waals surface area (Å²) >= 11 is 0. The number of hydrogen-bond donors (Lipinski definition) is 2. The van der Waals surface area contributed by atoms with Crippen LogP contribution in [0, 0.1) is 0 Å². The molecule has 0 aliphatic heterocycles. The Bertz CT molecular complexity index is 235. The zero-order valence-corrected chi connectivity index (χ0v) is 7.38. The van der Waals surface area contributed by atoms with Gasteiger partial charge in [0.1, 0.15) is 0 Å². The Kier molecular flexibility index (Phi) is 3.38. The first-order valence-electron chi connectivity index (χ1n) is 4.28. The Labute approximate surface area is 73.0 Å². The summed E-state index contributed by atoms with van der Waals surface area (Å²) in [7, 11) is 0. The molecule has 0 aliphatic carbocycles. The maximum absolute atomic E-state index is 5.68. The molecule has 1 heterocycles. The van der Waals surface area contributed by atoms with Crippen LogP contribution in [0.2, 0.25) is 0 Å². The first-order chi connectivity index (χ1) is 5.84. The van der Waals surface area contributed by atoms with E-state index in [0.717, 1.165) is 12.2 Å². The van der Waals surface area contributed by atoms with E-state index in [2.05, 4.69) is 17.2 Å². The van der Waals surface area contributed by atoms with Gasteiger partial charge in [-0.1, -0.05) is 13.3 Å². The third-order valence-electron chi connectivity index (χ3n) is 1.70. The lowest BCUT2D eigenvalue weighted by Crippen LogP contribution is -2.03. The number of aromatic nitrogens is 1. The lowest BCUT2D eigenvalue weighted by molar-refractivity contribution is 0.834. The molecule has 0 saturated carbocycles. The minimum atomic E-state index is 0.716. The van der Waals surface area contributed by atoms with Gasteiger partial charge in [0.05, 0.1) is 17.6 Å². The van der Waals surface area contributed by atoms with E-state index < -0.39 is 0 Å². The average Bonchev–Trinajstić information content (AvgIpc) is 2.09. The summed E-state index contributed by atoms with van der Waals surface area (Å²) < 4.78 is 0. The third kappa shape index (κ3) is 2.42. The molecule has 0 aliphatic rings. The molecule has 0 atom stereocenters. The largest absolute Gasteiger partial charge is 0.396 e. The molecule has 0 bridgehead atoms. The van der Waals surface area contributed by atoms with Crippen molar-refractivity contribution in [2.24, 2.45) is 0 Å². The smallest absolute Gasteiger partial charge is 0.0736 e. The second-order valence-corrected chi connectivity index (χ2v) is 2.74. The number of nitrogen functional groups attached to an aromatic ring is 1. The van der Waals surface area contributed by atoms with E-state index >= 15 is 0 Å². The molecular weight excluding hydrogens is 150 g/mol. The quantitative estimate of drug-likeness (QED) is 0.670. The molecule has 0 aromatic carbocycles. The molecule has 12 heavy (non-hydrogen) atoms. The van der Waals surface area contributed by atoms with Crippen molar-refractivity contribution in [1.82, 2.24) is 4.98 Å². The van der Waals surface area contributed by atoms with Crippen LogP contribution in [0.1, 0.15) is 19.8 Å². The van der Waals surface area contributed by atoms with Crippen molar-refractivity contribution >= 4 is 11.4 Å². The van der Waals surface area contributed by atoms with Gasteiger partial charge in [0.2, 0.25) is 0 Å². The maximum atomic E-state index is 5.68. The predicted octanol–water partition coefficient (Wildman–Crippen LogP) is 1.88. The Morgan fingerprint density at radius 3 is 3.08 bits per heavy atom. The van der Waals surface area contributed by atoms with Gasteiger partial charge in [-0.2, -0.15) is 0 Å². The Morgan fingerprint density at radius 1 is 1.58 bits per heavy atom. The van der Waals surface area contributed by atoms with Crippen molar-refractivity contribution in [2.45, 2.75) is 19.8 Å². The number of nitrogens with one attached hydrogen (secondary N) is 1. The van der Waals surface area contributed by atoms with Gasteiger partial charge >= 0.3 is 0 Å². The van der Waals surface area contributed by atoms with E-state index in [-0.39, 0.29) is 0 Å². The van der Waals surface area contributed by atoms with Crippen molar-refractivity contribution < 1.29 is 0 Å². The lowest BCUT2D eigenvalue weighted by atomic mass is 10.3. The lowest BCUT2D eigenvalue weighted by Gasteiger charge is -2.06. The standard InChI is InChI=1S/C9H15N3/c1-2-3-5-12-9-4-6-11-7-8(9)10/h4,6-7H,2-3,5,10H2,1H3,(H,11,12). The molecule has 66 valence electrons. The minimum Gasteiger partial charge on any atom is -0.396 e. The number of nitrogens with zero attached hydrogens (tertiary/aromatic N) is 1. The molecule has 0 radical (unpaired) electrons. The monoisotopic (exact) mass is 165 g/mol. The summed E-state index contributed by atoms with van der Waals surface area (Å²) in [4.78, 5) is 3.91. The zero-order chi connectivity index (χ0) is 8.81. The topological polar surface area (TPSA) is 50.9 Å². The summed E-state index contributed by atoms with van der Waals surface area (Å²) in [5.41, 5.74) is 7.38. The van der Waals surface area contributed by atoms with Gasteiger partial charge < -0.3 is 11.1 Å². The van der Waals surface area contributed by atoms with Crippen LogP contribution in [-0.2, 0) is 0 Å². The van der Waals surface area contributed by atoms with Gasteiger partial charge in [-0.15, -0.1) is 0 Å². The van der Waals surface area contributed by atoms with Crippen LogP contribution in [0.5, 0.6) is 0 Å². The summed E-state index contributed by atoms with van der Waals surface area (Å²) in [6, 6.07) is 1.89. The first-order valence-corrected chi connectivity index (χ1v) is 4.28. The SMILES string of the molecule is CCCCNc1ccncc1N. The van der Waals surface area contributed by atoms with E-state index in [1.165, 1.54) is 12.8 Å². The number of nitrogens with two attached hydrogens (primary N) is 1. The summed E-state index contributed by atoms with van der Waals surface area (Å²) in [5.74, 6) is 0. The number of pyridine rings is 1. The van der Waals surface area contributed by atoms with Crippen LogP contribution >= 0.6 is 0 Å². The van der Waals surface area contributed by atoms with Crippen LogP contribution in [0.15, 0.2) is 18.5 Å². The predicted molar refractivity (Wildman–Crippen MR) is 52.0 cm³/mol. The summed E-state index contributed by atoms with van der Waals surface area (Å²) in [6.45, 7) is 3.14. The minimum absolute atomic E-state index is 0.716. The molecule has 1 rings (SSSR count). The number of rotatable bonds is 4. The summed E-state index contributed by atoms with van der Waals surface area (Å²) in [6.07, 6.45) is 5.76. The Hall–Kier alpha value is -1.25. The van der Waals surface area contributed by atoms with Gasteiger partial charge in [-0.05, 0) is 12.5 Å². The molecule has 0 unspecified atom stereocenters. The van der Waals surface area contributed by atoms with Crippen molar-refractivity contribution in [3.63, 3.8) is 0 Å². The van der Waals surface area contributed by atoms with E-state index in [1.54, 1.807) is 12.4 Å². The molecular formula is C9H15N3. The van der Waals surface area contributed by atoms with E-state index in [4.69, 9.17) is 5.73 Å². The van der Waals surface area contributed by atoms with Crippen LogP contribution in [-0.4, -0.2) is 11.5 Å². The molecule has 0 spiro atoms. The number of anilines is 2.